The van der Waals surface area contributed by atoms with E-state index in [1.54, 1.807) is 6.33 Å². The lowest BCUT2D eigenvalue weighted by Gasteiger charge is -2.00. The molecule has 0 aromatic carbocycles. The number of nitrogens with zero attached hydrogens (tertiary/aromatic N) is 2. The van der Waals surface area contributed by atoms with Crippen molar-refractivity contribution < 1.29 is 0 Å². The SMILES string of the molecule is NCc1cccc2c(Br)ncn12. The van der Waals surface area contributed by atoms with E-state index in [9.17, 15) is 0 Å². The van der Waals surface area contributed by atoms with Crippen molar-refractivity contribution in [2.45, 2.75) is 6.54 Å². The van der Waals surface area contributed by atoms with E-state index in [1.807, 2.05) is 22.6 Å². The van der Waals surface area contributed by atoms with Gasteiger partial charge in [0, 0.05) is 12.2 Å². The van der Waals surface area contributed by atoms with Gasteiger partial charge in [-0.15, -0.1) is 0 Å². The zero-order valence-electron chi connectivity index (χ0n) is 6.37. The van der Waals surface area contributed by atoms with Crippen molar-refractivity contribution >= 4 is 21.4 Å². The minimum Gasteiger partial charge on any atom is -0.325 e. The van der Waals surface area contributed by atoms with Gasteiger partial charge in [-0.2, -0.15) is 0 Å². The first-order chi connectivity index (χ1) is 5.83. The molecule has 0 bridgehead atoms. The molecule has 0 aliphatic rings. The van der Waals surface area contributed by atoms with Gasteiger partial charge < -0.3 is 10.1 Å². The second-order valence-corrected chi connectivity index (χ2v) is 3.26. The van der Waals surface area contributed by atoms with Crippen LogP contribution in [0.2, 0.25) is 0 Å². The van der Waals surface area contributed by atoms with Crippen LogP contribution in [0.4, 0.5) is 0 Å². The number of rotatable bonds is 1. The van der Waals surface area contributed by atoms with E-state index in [0.717, 1.165) is 15.8 Å². The number of hydrogen-bond acceptors (Lipinski definition) is 2. The van der Waals surface area contributed by atoms with Gasteiger partial charge in [-0.1, -0.05) is 6.07 Å². The molecule has 12 heavy (non-hydrogen) atoms. The average Bonchev–Trinajstić information content (AvgIpc) is 2.48. The standard InChI is InChI=1S/C8H8BrN3/c9-8-7-3-1-2-6(4-10)12(7)5-11-8/h1-3,5H,4,10H2. The zero-order valence-corrected chi connectivity index (χ0v) is 7.95. The van der Waals surface area contributed by atoms with Crippen LogP contribution >= 0.6 is 15.9 Å². The summed E-state index contributed by atoms with van der Waals surface area (Å²) in [5.74, 6) is 0. The summed E-state index contributed by atoms with van der Waals surface area (Å²) in [6, 6.07) is 5.96. The Morgan fingerprint density at radius 2 is 2.33 bits per heavy atom. The molecule has 3 nitrogen and oxygen atoms in total. The Labute approximate surface area is 78.3 Å². The molecule has 2 N–H and O–H groups in total. The molecule has 2 aromatic heterocycles. The predicted octanol–water partition coefficient (Wildman–Crippen LogP) is 1.56. The van der Waals surface area contributed by atoms with Gasteiger partial charge in [0.1, 0.15) is 10.9 Å². The third-order valence-electron chi connectivity index (χ3n) is 1.82. The molecule has 2 aromatic rings. The molecule has 2 rings (SSSR count). The molecule has 0 saturated carbocycles. The van der Waals surface area contributed by atoms with Crippen LogP contribution in [0, 0.1) is 0 Å². The topological polar surface area (TPSA) is 43.3 Å². The van der Waals surface area contributed by atoms with Crippen molar-refractivity contribution in [2.75, 3.05) is 0 Å². The van der Waals surface area contributed by atoms with Crippen LogP contribution in [0.15, 0.2) is 29.1 Å². The molecule has 0 radical (unpaired) electrons. The van der Waals surface area contributed by atoms with Gasteiger partial charge in [0.05, 0.1) is 5.52 Å². The highest BCUT2D eigenvalue weighted by Gasteiger charge is 2.02. The van der Waals surface area contributed by atoms with Gasteiger partial charge in [0.15, 0.2) is 0 Å². The molecule has 0 amide bonds. The van der Waals surface area contributed by atoms with E-state index >= 15 is 0 Å². The molecule has 0 unspecified atom stereocenters. The second kappa shape index (κ2) is 2.88. The van der Waals surface area contributed by atoms with E-state index in [0.29, 0.717) is 6.54 Å². The smallest absolute Gasteiger partial charge is 0.131 e. The van der Waals surface area contributed by atoms with E-state index < -0.39 is 0 Å². The number of imidazole rings is 1. The number of fused-ring (bicyclic) bond motifs is 1. The summed E-state index contributed by atoms with van der Waals surface area (Å²) in [4.78, 5) is 4.13. The van der Waals surface area contributed by atoms with Crippen molar-refractivity contribution in [1.29, 1.82) is 0 Å². The third-order valence-corrected chi connectivity index (χ3v) is 2.43. The summed E-state index contributed by atoms with van der Waals surface area (Å²) in [6.45, 7) is 0.528. The number of hydrogen-bond donors (Lipinski definition) is 1. The molecule has 0 aliphatic carbocycles. The number of pyridine rings is 1. The second-order valence-electron chi connectivity index (χ2n) is 2.51. The zero-order chi connectivity index (χ0) is 8.55. The van der Waals surface area contributed by atoms with Crippen LogP contribution < -0.4 is 5.73 Å². The van der Waals surface area contributed by atoms with Gasteiger partial charge in [0.2, 0.25) is 0 Å². The molecule has 0 aliphatic heterocycles. The minimum atomic E-state index is 0.528. The quantitative estimate of drug-likeness (QED) is 0.801. The summed E-state index contributed by atoms with van der Waals surface area (Å²) in [7, 11) is 0. The fourth-order valence-electron chi connectivity index (χ4n) is 1.21. The van der Waals surface area contributed by atoms with Gasteiger partial charge in [0.25, 0.3) is 0 Å². The van der Waals surface area contributed by atoms with Crippen LogP contribution in [-0.4, -0.2) is 9.38 Å². The Morgan fingerprint density at radius 1 is 1.50 bits per heavy atom. The maximum atomic E-state index is 5.56. The molecule has 0 spiro atoms. The lowest BCUT2D eigenvalue weighted by atomic mass is 10.3. The van der Waals surface area contributed by atoms with Crippen molar-refractivity contribution in [3.05, 3.63) is 34.8 Å². The van der Waals surface area contributed by atoms with Gasteiger partial charge in [-0.3, -0.25) is 0 Å². The van der Waals surface area contributed by atoms with Crippen LogP contribution in [0.5, 0.6) is 0 Å². The predicted molar refractivity (Wildman–Crippen MR) is 50.8 cm³/mol. The normalized spacial score (nSPS) is 10.8. The molecule has 0 fully saturated rings. The molecule has 0 atom stereocenters. The molecular formula is C8H8BrN3. The summed E-state index contributed by atoms with van der Waals surface area (Å²) >= 11 is 3.36. The maximum Gasteiger partial charge on any atom is 0.131 e. The van der Waals surface area contributed by atoms with Gasteiger partial charge in [-0.25, -0.2) is 4.98 Å². The first-order valence-corrected chi connectivity index (χ1v) is 4.43. The van der Waals surface area contributed by atoms with Crippen LogP contribution in [0.3, 0.4) is 0 Å². The number of aromatic nitrogens is 2. The fraction of sp³-hybridized carbons (Fsp3) is 0.125. The molecule has 2 heterocycles. The lowest BCUT2D eigenvalue weighted by molar-refractivity contribution is 0.941. The van der Waals surface area contributed by atoms with E-state index in [4.69, 9.17) is 5.73 Å². The Kier molecular flexibility index (Phi) is 1.86. The van der Waals surface area contributed by atoms with E-state index in [2.05, 4.69) is 20.9 Å². The van der Waals surface area contributed by atoms with Crippen molar-refractivity contribution in [3.8, 4) is 0 Å². The van der Waals surface area contributed by atoms with Crippen LogP contribution in [0.1, 0.15) is 5.69 Å². The minimum absolute atomic E-state index is 0.528. The summed E-state index contributed by atoms with van der Waals surface area (Å²) in [5, 5.41) is 0. The van der Waals surface area contributed by atoms with Crippen molar-refractivity contribution in [2.24, 2.45) is 5.73 Å². The third kappa shape index (κ3) is 1.04. The Balaban J connectivity index is 2.81. The number of nitrogens with two attached hydrogens (primary N) is 1. The summed E-state index contributed by atoms with van der Waals surface area (Å²) in [6.07, 6.45) is 1.77. The highest BCUT2D eigenvalue weighted by molar-refractivity contribution is 9.10. The maximum absolute atomic E-state index is 5.56. The molecule has 4 heteroatoms. The largest absolute Gasteiger partial charge is 0.325 e. The molecule has 0 saturated heterocycles. The van der Waals surface area contributed by atoms with Gasteiger partial charge in [-0.05, 0) is 28.1 Å². The van der Waals surface area contributed by atoms with Crippen molar-refractivity contribution in [1.82, 2.24) is 9.38 Å². The fourth-order valence-corrected chi connectivity index (χ4v) is 1.63. The summed E-state index contributed by atoms with van der Waals surface area (Å²) < 4.78 is 2.84. The average molecular weight is 226 g/mol. The molecule has 62 valence electrons. The Bertz CT molecular complexity index is 408. The van der Waals surface area contributed by atoms with Crippen molar-refractivity contribution in [3.63, 3.8) is 0 Å². The van der Waals surface area contributed by atoms with E-state index in [1.165, 1.54) is 0 Å². The van der Waals surface area contributed by atoms with Gasteiger partial charge >= 0.3 is 0 Å². The highest BCUT2D eigenvalue weighted by atomic mass is 79.9. The first-order valence-electron chi connectivity index (χ1n) is 3.63. The van der Waals surface area contributed by atoms with E-state index in [-0.39, 0.29) is 0 Å². The monoisotopic (exact) mass is 225 g/mol. The van der Waals surface area contributed by atoms with Crippen LogP contribution in [0.25, 0.3) is 5.52 Å². The lowest BCUT2D eigenvalue weighted by Crippen LogP contribution is -2.02. The first kappa shape index (κ1) is 7.76. The number of halogens is 1. The Hall–Kier alpha value is -0.870. The Morgan fingerprint density at radius 3 is 3.08 bits per heavy atom. The van der Waals surface area contributed by atoms with Crippen LogP contribution in [-0.2, 0) is 6.54 Å². The highest BCUT2D eigenvalue weighted by Crippen LogP contribution is 2.16. The molecular weight excluding hydrogens is 218 g/mol. The summed E-state index contributed by atoms with van der Waals surface area (Å²) in [5.41, 5.74) is 7.68.